The Morgan fingerprint density at radius 1 is 1.17 bits per heavy atom. The highest BCUT2D eigenvalue weighted by Gasteiger charge is 2.39. The van der Waals surface area contributed by atoms with Gasteiger partial charge in [-0.15, -0.1) is 11.8 Å². The molecule has 6 nitrogen and oxygen atoms in total. The molecular formula is C16H17N3O3S. The molecule has 1 aromatic carbocycles. The summed E-state index contributed by atoms with van der Waals surface area (Å²) < 4.78 is 0. The Labute approximate surface area is 138 Å². The number of hydrogen-bond acceptors (Lipinski definition) is 5. The Hall–Kier alpha value is -1.86. The van der Waals surface area contributed by atoms with E-state index in [1.165, 1.54) is 0 Å². The van der Waals surface area contributed by atoms with Crippen molar-refractivity contribution in [3.63, 3.8) is 0 Å². The zero-order valence-electron chi connectivity index (χ0n) is 12.5. The molecule has 0 bridgehead atoms. The van der Waals surface area contributed by atoms with Gasteiger partial charge in [-0.2, -0.15) is 0 Å². The molecule has 0 aromatic heterocycles. The van der Waals surface area contributed by atoms with Crippen LogP contribution in [0.1, 0.15) is 28.8 Å². The van der Waals surface area contributed by atoms with E-state index in [1.54, 1.807) is 4.90 Å². The fraction of sp³-hybridized carbons (Fsp3) is 0.438. The van der Waals surface area contributed by atoms with Gasteiger partial charge in [-0.05, 0) is 30.2 Å². The van der Waals surface area contributed by atoms with Gasteiger partial charge in [0, 0.05) is 41.8 Å². The van der Waals surface area contributed by atoms with Crippen molar-refractivity contribution in [3.05, 3.63) is 29.3 Å². The van der Waals surface area contributed by atoms with Gasteiger partial charge in [0.05, 0.1) is 0 Å². The third kappa shape index (κ3) is 2.64. The number of imide groups is 1. The second kappa shape index (κ2) is 5.65. The number of benzene rings is 1. The molecule has 1 atom stereocenters. The van der Waals surface area contributed by atoms with Crippen molar-refractivity contribution in [2.24, 2.45) is 0 Å². The molecule has 0 spiro atoms. The molecule has 0 aliphatic carbocycles. The summed E-state index contributed by atoms with van der Waals surface area (Å²) in [5.74, 6) is -0.739. The summed E-state index contributed by atoms with van der Waals surface area (Å²) in [7, 11) is 0. The van der Waals surface area contributed by atoms with Crippen LogP contribution in [0.2, 0.25) is 0 Å². The van der Waals surface area contributed by atoms with Crippen LogP contribution >= 0.6 is 11.8 Å². The van der Waals surface area contributed by atoms with Crippen molar-refractivity contribution in [3.8, 4) is 0 Å². The summed E-state index contributed by atoms with van der Waals surface area (Å²) in [4.78, 5) is 38.6. The lowest BCUT2D eigenvalue weighted by Gasteiger charge is -2.29. The van der Waals surface area contributed by atoms with Gasteiger partial charge in [0.25, 0.3) is 5.91 Å². The first-order valence-electron chi connectivity index (χ1n) is 7.77. The van der Waals surface area contributed by atoms with Crippen LogP contribution in [0.5, 0.6) is 0 Å². The molecule has 3 amide bonds. The predicted molar refractivity (Wildman–Crippen MR) is 85.0 cm³/mol. The maximum atomic E-state index is 12.6. The van der Waals surface area contributed by atoms with E-state index >= 15 is 0 Å². The minimum Gasteiger partial charge on any atom is -0.322 e. The van der Waals surface area contributed by atoms with Crippen molar-refractivity contribution in [1.82, 2.24) is 15.5 Å². The number of nitrogens with zero attached hydrogens (tertiary/aromatic N) is 1. The van der Waals surface area contributed by atoms with Gasteiger partial charge in [0.15, 0.2) is 0 Å². The summed E-state index contributed by atoms with van der Waals surface area (Å²) >= 11 is 1.82. The van der Waals surface area contributed by atoms with Crippen LogP contribution < -0.4 is 10.6 Å². The third-order valence-electron chi connectivity index (χ3n) is 4.54. The van der Waals surface area contributed by atoms with E-state index in [0.717, 1.165) is 23.5 Å². The lowest BCUT2D eigenvalue weighted by molar-refractivity contribution is -0.136. The van der Waals surface area contributed by atoms with Gasteiger partial charge in [0.1, 0.15) is 6.04 Å². The van der Waals surface area contributed by atoms with E-state index in [4.69, 9.17) is 0 Å². The van der Waals surface area contributed by atoms with Crippen LogP contribution in [-0.2, 0) is 16.1 Å². The fourth-order valence-electron chi connectivity index (χ4n) is 3.16. The second-order valence-corrected chi connectivity index (χ2v) is 7.49. The summed E-state index contributed by atoms with van der Waals surface area (Å²) in [5, 5.41) is 6.16. The fourth-order valence-corrected chi connectivity index (χ4v) is 4.31. The van der Waals surface area contributed by atoms with E-state index in [9.17, 15) is 14.4 Å². The van der Waals surface area contributed by atoms with Crippen LogP contribution in [0.3, 0.4) is 0 Å². The lowest BCUT2D eigenvalue weighted by Crippen LogP contribution is -2.52. The highest BCUT2D eigenvalue weighted by Crippen LogP contribution is 2.32. The Bertz CT molecular complexity index is 702. The Balaban J connectivity index is 1.52. The summed E-state index contributed by atoms with van der Waals surface area (Å²) in [5.41, 5.74) is 1.64. The first-order valence-corrected chi connectivity index (χ1v) is 8.65. The van der Waals surface area contributed by atoms with Crippen LogP contribution in [0, 0.1) is 0 Å². The number of piperidine rings is 1. The van der Waals surface area contributed by atoms with E-state index in [0.29, 0.717) is 23.8 Å². The molecule has 120 valence electrons. The van der Waals surface area contributed by atoms with E-state index in [1.807, 2.05) is 23.9 Å². The number of thioether (sulfide) groups is 1. The second-order valence-electron chi connectivity index (χ2n) is 6.12. The zero-order valence-corrected chi connectivity index (χ0v) is 13.3. The van der Waals surface area contributed by atoms with Gasteiger partial charge in [0.2, 0.25) is 11.8 Å². The monoisotopic (exact) mass is 331 g/mol. The average Bonchev–Trinajstić information content (AvgIpc) is 2.80. The highest BCUT2D eigenvalue weighted by atomic mass is 32.2. The first kappa shape index (κ1) is 14.7. The van der Waals surface area contributed by atoms with Crippen molar-refractivity contribution in [2.45, 2.75) is 35.6 Å². The molecule has 7 heteroatoms. The molecule has 0 saturated carbocycles. The van der Waals surface area contributed by atoms with Gasteiger partial charge >= 0.3 is 0 Å². The van der Waals surface area contributed by atoms with E-state index in [-0.39, 0.29) is 24.1 Å². The number of carbonyl (C=O) groups excluding carboxylic acids is 3. The van der Waals surface area contributed by atoms with Crippen LogP contribution in [0.4, 0.5) is 0 Å². The van der Waals surface area contributed by atoms with Crippen molar-refractivity contribution < 1.29 is 14.4 Å². The molecular weight excluding hydrogens is 314 g/mol. The number of nitrogens with one attached hydrogen (secondary N) is 2. The quantitative estimate of drug-likeness (QED) is 0.789. The minimum absolute atomic E-state index is 0.114. The number of carbonyl (C=O) groups is 3. The lowest BCUT2D eigenvalue weighted by atomic mass is 10.0. The van der Waals surface area contributed by atoms with Crippen LogP contribution in [0.25, 0.3) is 0 Å². The molecule has 3 aliphatic heterocycles. The molecule has 2 fully saturated rings. The predicted octanol–water partition coefficient (Wildman–Crippen LogP) is 0.512. The Morgan fingerprint density at radius 2 is 2.00 bits per heavy atom. The van der Waals surface area contributed by atoms with Crippen molar-refractivity contribution in [2.75, 3.05) is 13.1 Å². The van der Waals surface area contributed by atoms with E-state index < -0.39 is 6.04 Å². The van der Waals surface area contributed by atoms with Gasteiger partial charge in [-0.25, -0.2) is 0 Å². The zero-order chi connectivity index (χ0) is 16.0. The molecule has 4 rings (SSSR count). The smallest absolute Gasteiger partial charge is 0.255 e. The standard InChI is InChI=1S/C16H17N3O3S/c20-14-4-3-13(15(21)18-14)19-8-9-5-10(23-11-6-17-7-11)1-2-12(9)16(19)22/h1-2,5,11,13,17H,3-4,6-8H2,(H,18,20,21). The maximum absolute atomic E-state index is 12.6. The van der Waals surface area contributed by atoms with Gasteiger partial charge < -0.3 is 10.2 Å². The molecule has 3 aliphatic rings. The van der Waals surface area contributed by atoms with E-state index in [2.05, 4.69) is 16.7 Å². The molecule has 2 N–H and O–H groups in total. The normalized spacial score (nSPS) is 24.4. The Morgan fingerprint density at radius 3 is 2.70 bits per heavy atom. The average molecular weight is 331 g/mol. The third-order valence-corrected chi connectivity index (χ3v) is 5.73. The van der Waals surface area contributed by atoms with Gasteiger partial charge in [-0.1, -0.05) is 0 Å². The van der Waals surface area contributed by atoms with Crippen molar-refractivity contribution in [1.29, 1.82) is 0 Å². The number of amides is 3. The largest absolute Gasteiger partial charge is 0.322 e. The summed E-state index contributed by atoms with van der Waals surface area (Å²) in [6.45, 7) is 2.48. The van der Waals surface area contributed by atoms with Crippen LogP contribution in [-0.4, -0.2) is 47.0 Å². The number of hydrogen-bond donors (Lipinski definition) is 2. The molecule has 1 aromatic rings. The molecule has 23 heavy (non-hydrogen) atoms. The maximum Gasteiger partial charge on any atom is 0.255 e. The Kier molecular flexibility index (Phi) is 3.61. The molecule has 0 radical (unpaired) electrons. The molecule has 3 heterocycles. The molecule has 2 saturated heterocycles. The van der Waals surface area contributed by atoms with Crippen LogP contribution in [0.15, 0.2) is 23.1 Å². The number of fused-ring (bicyclic) bond motifs is 1. The summed E-state index contributed by atoms with van der Waals surface area (Å²) in [6.07, 6.45) is 0.687. The minimum atomic E-state index is -0.542. The highest BCUT2D eigenvalue weighted by molar-refractivity contribution is 8.00. The molecule has 1 unspecified atom stereocenters. The number of rotatable bonds is 3. The SMILES string of the molecule is O=C1CCC(N2Cc3cc(SC4CNC4)ccc3C2=O)C(=O)N1. The van der Waals surface area contributed by atoms with Gasteiger partial charge in [-0.3, -0.25) is 19.7 Å². The summed E-state index contributed by atoms with van der Waals surface area (Å²) in [6, 6.07) is 5.35. The first-order chi connectivity index (χ1) is 11.1. The van der Waals surface area contributed by atoms with Crippen molar-refractivity contribution >= 4 is 29.5 Å². The topological polar surface area (TPSA) is 78.5 Å².